The SMILES string of the molecule is C[C@@H](/C=C/C(=O)NO)[C@@H](O)c1ccc(OCCO)cc1. The maximum absolute atomic E-state index is 10.9. The largest absolute Gasteiger partial charge is 0.491 e. The average Bonchev–Trinajstić information content (AvgIpc) is 2.49. The highest BCUT2D eigenvalue weighted by molar-refractivity contribution is 5.86. The molecule has 110 valence electrons. The predicted molar refractivity (Wildman–Crippen MR) is 72.2 cm³/mol. The molecule has 0 saturated carbocycles. The Morgan fingerprint density at radius 2 is 2.05 bits per heavy atom. The summed E-state index contributed by atoms with van der Waals surface area (Å²) < 4.78 is 5.22. The molecule has 1 amide bonds. The summed E-state index contributed by atoms with van der Waals surface area (Å²) in [6, 6.07) is 6.83. The van der Waals surface area contributed by atoms with Crippen molar-refractivity contribution in [2.75, 3.05) is 13.2 Å². The van der Waals surface area contributed by atoms with Crippen molar-refractivity contribution in [3.8, 4) is 5.75 Å². The first-order valence-electron chi connectivity index (χ1n) is 6.22. The molecule has 0 fully saturated rings. The smallest absolute Gasteiger partial charge is 0.267 e. The molecule has 0 heterocycles. The van der Waals surface area contributed by atoms with E-state index in [0.717, 1.165) is 6.08 Å². The standard InChI is InChI=1S/C14H19NO5/c1-10(2-7-13(17)15-19)14(18)11-3-5-12(6-4-11)20-9-8-16/h2-7,10,14,16,18-19H,8-9H2,1H3,(H,15,17)/b7-2+/t10-,14+/m0/s1. The number of hydrogen-bond acceptors (Lipinski definition) is 5. The molecule has 0 saturated heterocycles. The van der Waals surface area contributed by atoms with Gasteiger partial charge in [0, 0.05) is 12.0 Å². The van der Waals surface area contributed by atoms with E-state index in [1.54, 1.807) is 31.2 Å². The van der Waals surface area contributed by atoms with Crippen LogP contribution in [0.25, 0.3) is 0 Å². The summed E-state index contributed by atoms with van der Waals surface area (Å²) in [4.78, 5) is 10.9. The van der Waals surface area contributed by atoms with Gasteiger partial charge in [-0.1, -0.05) is 25.1 Å². The lowest BCUT2D eigenvalue weighted by molar-refractivity contribution is -0.124. The molecule has 0 unspecified atom stereocenters. The number of amides is 1. The second-order valence-corrected chi connectivity index (χ2v) is 4.28. The summed E-state index contributed by atoms with van der Waals surface area (Å²) in [5.41, 5.74) is 2.16. The van der Waals surface area contributed by atoms with Crippen LogP contribution in [0, 0.1) is 5.92 Å². The zero-order chi connectivity index (χ0) is 15.0. The third-order valence-corrected chi connectivity index (χ3v) is 2.74. The van der Waals surface area contributed by atoms with Crippen molar-refractivity contribution in [1.82, 2.24) is 5.48 Å². The Labute approximate surface area is 117 Å². The molecule has 2 atom stereocenters. The molecule has 1 aromatic carbocycles. The van der Waals surface area contributed by atoms with Crippen LogP contribution < -0.4 is 10.2 Å². The summed E-state index contributed by atoms with van der Waals surface area (Å²) in [6.45, 7) is 1.92. The number of benzene rings is 1. The van der Waals surface area contributed by atoms with Crippen molar-refractivity contribution >= 4 is 5.91 Å². The molecule has 0 aliphatic heterocycles. The Morgan fingerprint density at radius 1 is 1.40 bits per heavy atom. The van der Waals surface area contributed by atoms with Crippen LogP contribution in [0.5, 0.6) is 5.75 Å². The minimum atomic E-state index is -0.773. The topological polar surface area (TPSA) is 99.0 Å². The van der Waals surface area contributed by atoms with Gasteiger partial charge < -0.3 is 14.9 Å². The molecule has 0 radical (unpaired) electrons. The molecular weight excluding hydrogens is 262 g/mol. The van der Waals surface area contributed by atoms with Crippen molar-refractivity contribution in [1.29, 1.82) is 0 Å². The molecule has 20 heavy (non-hydrogen) atoms. The van der Waals surface area contributed by atoms with E-state index >= 15 is 0 Å². The minimum absolute atomic E-state index is 0.0564. The van der Waals surface area contributed by atoms with Crippen LogP contribution in [0.4, 0.5) is 0 Å². The van der Waals surface area contributed by atoms with Gasteiger partial charge in [-0.05, 0) is 17.7 Å². The number of rotatable bonds is 7. The fourth-order valence-electron chi connectivity index (χ4n) is 1.61. The molecule has 0 aromatic heterocycles. The van der Waals surface area contributed by atoms with Gasteiger partial charge in [-0.3, -0.25) is 10.0 Å². The van der Waals surface area contributed by atoms with Crippen LogP contribution in [-0.4, -0.2) is 34.5 Å². The number of aliphatic hydroxyl groups excluding tert-OH is 2. The normalized spacial score (nSPS) is 14.0. The first-order valence-corrected chi connectivity index (χ1v) is 6.22. The monoisotopic (exact) mass is 281 g/mol. The molecule has 0 bridgehead atoms. The van der Waals surface area contributed by atoms with Crippen LogP contribution in [0.2, 0.25) is 0 Å². The Kier molecular flexibility index (Phi) is 6.72. The summed E-state index contributed by atoms with van der Waals surface area (Å²) in [7, 11) is 0. The van der Waals surface area contributed by atoms with Crippen molar-refractivity contribution in [3.63, 3.8) is 0 Å². The van der Waals surface area contributed by atoms with Crippen LogP contribution in [0.3, 0.4) is 0 Å². The second kappa shape index (κ2) is 8.31. The summed E-state index contributed by atoms with van der Waals surface area (Å²) >= 11 is 0. The zero-order valence-electron chi connectivity index (χ0n) is 11.2. The summed E-state index contributed by atoms with van der Waals surface area (Å²) in [6.07, 6.45) is 1.89. The van der Waals surface area contributed by atoms with E-state index in [9.17, 15) is 9.90 Å². The first-order chi connectivity index (χ1) is 9.58. The van der Waals surface area contributed by atoms with Gasteiger partial charge in [-0.15, -0.1) is 0 Å². The van der Waals surface area contributed by atoms with Crippen molar-refractivity contribution in [3.05, 3.63) is 42.0 Å². The van der Waals surface area contributed by atoms with Crippen molar-refractivity contribution in [2.45, 2.75) is 13.0 Å². The molecule has 1 rings (SSSR count). The maximum Gasteiger partial charge on any atom is 0.267 e. The molecule has 0 aliphatic carbocycles. The van der Waals surface area contributed by atoms with E-state index < -0.39 is 12.0 Å². The lowest BCUT2D eigenvalue weighted by Crippen LogP contribution is -2.16. The summed E-state index contributed by atoms with van der Waals surface area (Å²) in [5.74, 6) is -0.328. The predicted octanol–water partition coefficient (Wildman–Crippen LogP) is 0.789. The Bertz CT molecular complexity index is 443. The quantitative estimate of drug-likeness (QED) is 0.336. The molecule has 6 nitrogen and oxygen atoms in total. The average molecular weight is 281 g/mol. The van der Waals surface area contributed by atoms with Crippen molar-refractivity contribution in [2.24, 2.45) is 5.92 Å². The van der Waals surface area contributed by atoms with E-state index in [-0.39, 0.29) is 19.1 Å². The highest BCUT2D eigenvalue weighted by Gasteiger charge is 2.14. The van der Waals surface area contributed by atoms with Gasteiger partial charge >= 0.3 is 0 Å². The molecule has 1 aromatic rings. The minimum Gasteiger partial charge on any atom is -0.491 e. The third-order valence-electron chi connectivity index (χ3n) is 2.74. The van der Waals surface area contributed by atoms with E-state index in [4.69, 9.17) is 15.1 Å². The fraction of sp³-hybridized carbons (Fsp3) is 0.357. The second-order valence-electron chi connectivity index (χ2n) is 4.28. The number of nitrogens with one attached hydrogen (secondary N) is 1. The fourth-order valence-corrected chi connectivity index (χ4v) is 1.61. The number of carbonyl (C=O) groups is 1. The molecule has 0 spiro atoms. The van der Waals surface area contributed by atoms with Crippen LogP contribution in [0.1, 0.15) is 18.6 Å². The van der Waals surface area contributed by atoms with Crippen molar-refractivity contribution < 1.29 is 25.0 Å². The number of hydrogen-bond donors (Lipinski definition) is 4. The highest BCUT2D eigenvalue weighted by Crippen LogP contribution is 2.24. The Morgan fingerprint density at radius 3 is 2.60 bits per heavy atom. The van der Waals surface area contributed by atoms with E-state index in [2.05, 4.69) is 0 Å². The number of ether oxygens (including phenoxy) is 1. The van der Waals surface area contributed by atoms with Gasteiger partial charge in [0.05, 0.1) is 12.7 Å². The lowest BCUT2D eigenvalue weighted by atomic mass is 9.97. The number of carbonyl (C=O) groups excluding carboxylic acids is 1. The third kappa shape index (κ3) is 5.00. The molecule has 4 N–H and O–H groups in total. The van der Waals surface area contributed by atoms with Gasteiger partial charge in [-0.2, -0.15) is 0 Å². The lowest BCUT2D eigenvalue weighted by Gasteiger charge is -2.16. The Balaban J connectivity index is 2.64. The molecule has 0 aliphatic rings. The van der Waals surface area contributed by atoms with Crippen LogP contribution in [0.15, 0.2) is 36.4 Å². The van der Waals surface area contributed by atoms with Gasteiger partial charge in [0.25, 0.3) is 5.91 Å². The van der Waals surface area contributed by atoms with Gasteiger partial charge in [0.1, 0.15) is 12.4 Å². The molecule has 6 heteroatoms. The van der Waals surface area contributed by atoms with Gasteiger partial charge in [0.2, 0.25) is 0 Å². The summed E-state index contributed by atoms with van der Waals surface area (Å²) in [5, 5.41) is 27.1. The zero-order valence-corrected chi connectivity index (χ0v) is 11.2. The first kappa shape index (κ1) is 16.2. The van der Waals surface area contributed by atoms with E-state index in [0.29, 0.717) is 11.3 Å². The highest BCUT2D eigenvalue weighted by atomic mass is 16.5. The van der Waals surface area contributed by atoms with E-state index in [1.807, 2.05) is 0 Å². The van der Waals surface area contributed by atoms with Gasteiger partial charge in [0.15, 0.2) is 0 Å². The maximum atomic E-state index is 10.9. The van der Waals surface area contributed by atoms with Crippen LogP contribution in [-0.2, 0) is 4.79 Å². The number of hydroxylamine groups is 1. The van der Waals surface area contributed by atoms with E-state index in [1.165, 1.54) is 11.6 Å². The number of aliphatic hydroxyl groups is 2. The van der Waals surface area contributed by atoms with Crippen LogP contribution >= 0.6 is 0 Å². The van der Waals surface area contributed by atoms with Gasteiger partial charge in [-0.25, -0.2) is 5.48 Å². The Hall–Kier alpha value is -1.89. The molecular formula is C14H19NO5.